The Morgan fingerprint density at radius 1 is 1.29 bits per heavy atom. The Morgan fingerprint density at radius 2 is 1.94 bits per heavy atom. The van der Waals surface area contributed by atoms with E-state index in [4.69, 9.17) is 4.74 Å². The topological polar surface area (TPSA) is 38.3 Å². The predicted octanol–water partition coefficient (Wildman–Crippen LogP) is 2.09. The molecule has 1 aromatic rings. The van der Waals surface area contributed by atoms with Crippen molar-refractivity contribution in [1.29, 1.82) is 0 Å². The van der Waals surface area contributed by atoms with E-state index in [2.05, 4.69) is 5.32 Å². The van der Waals surface area contributed by atoms with Crippen LogP contribution in [0.1, 0.15) is 31.2 Å². The molecule has 3 heteroatoms. The van der Waals surface area contributed by atoms with Crippen molar-refractivity contribution in [2.24, 2.45) is 0 Å². The number of carbonyl (C=O) groups is 1. The molecule has 1 heterocycles. The largest absolute Gasteiger partial charge is 0.462 e. The van der Waals surface area contributed by atoms with Gasteiger partial charge in [-0.1, -0.05) is 30.3 Å². The highest BCUT2D eigenvalue weighted by atomic mass is 16.5. The zero-order valence-corrected chi connectivity index (χ0v) is 10.2. The minimum absolute atomic E-state index is 0.0925. The lowest BCUT2D eigenvalue weighted by molar-refractivity contribution is -0.151. The van der Waals surface area contributed by atoms with Crippen molar-refractivity contribution in [3.8, 4) is 0 Å². The van der Waals surface area contributed by atoms with Gasteiger partial charge in [-0.05, 0) is 38.4 Å². The average molecular weight is 233 g/mol. The molecule has 1 fully saturated rings. The number of ether oxygens (including phenoxy) is 1. The normalized spacial score (nSPS) is 18.6. The van der Waals surface area contributed by atoms with Crippen LogP contribution in [0, 0.1) is 0 Å². The first-order chi connectivity index (χ1) is 8.27. The maximum Gasteiger partial charge on any atom is 0.313 e. The molecule has 92 valence electrons. The third-order valence-corrected chi connectivity index (χ3v) is 3.22. The minimum atomic E-state index is -0.175. The van der Waals surface area contributed by atoms with Crippen LogP contribution >= 0.6 is 0 Å². The van der Waals surface area contributed by atoms with Crippen molar-refractivity contribution < 1.29 is 9.53 Å². The standard InChI is InChI=1S/C14H19NO2/c1-11(12-5-3-2-4-6-12)14(16)17-13-7-9-15-10-8-13/h2-6,11,13,15H,7-10H2,1H3. The molecule has 2 rings (SSSR count). The van der Waals surface area contributed by atoms with Crippen LogP contribution in [-0.2, 0) is 9.53 Å². The summed E-state index contributed by atoms with van der Waals surface area (Å²) in [5, 5.41) is 3.26. The fourth-order valence-corrected chi connectivity index (χ4v) is 2.06. The van der Waals surface area contributed by atoms with Crippen molar-refractivity contribution in [2.45, 2.75) is 31.8 Å². The van der Waals surface area contributed by atoms with Gasteiger partial charge in [0.15, 0.2) is 0 Å². The number of rotatable bonds is 3. The molecule has 1 N–H and O–H groups in total. The van der Waals surface area contributed by atoms with Gasteiger partial charge < -0.3 is 10.1 Å². The van der Waals surface area contributed by atoms with Crippen LogP contribution in [0.2, 0.25) is 0 Å². The second kappa shape index (κ2) is 5.82. The molecule has 17 heavy (non-hydrogen) atoms. The van der Waals surface area contributed by atoms with Crippen molar-refractivity contribution in [3.05, 3.63) is 35.9 Å². The molecule has 1 atom stereocenters. The Bertz CT molecular complexity index is 358. The van der Waals surface area contributed by atoms with Crippen LogP contribution in [0.25, 0.3) is 0 Å². The summed E-state index contributed by atoms with van der Waals surface area (Å²) >= 11 is 0. The lowest BCUT2D eigenvalue weighted by Crippen LogP contribution is -2.34. The third-order valence-electron chi connectivity index (χ3n) is 3.22. The first-order valence-corrected chi connectivity index (χ1v) is 6.23. The zero-order chi connectivity index (χ0) is 12.1. The number of esters is 1. The lowest BCUT2D eigenvalue weighted by atomic mass is 10.0. The van der Waals surface area contributed by atoms with Gasteiger partial charge >= 0.3 is 5.97 Å². The van der Waals surface area contributed by atoms with Gasteiger partial charge in [0.05, 0.1) is 5.92 Å². The van der Waals surface area contributed by atoms with Gasteiger partial charge in [0.1, 0.15) is 6.10 Å². The number of piperidine rings is 1. The smallest absolute Gasteiger partial charge is 0.313 e. The lowest BCUT2D eigenvalue weighted by Gasteiger charge is -2.24. The molecule has 0 radical (unpaired) electrons. The van der Waals surface area contributed by atoms with Gasteiger partial charge in [-0.25, -0.2) is 0 Å². The Kier molecular flexibility index (Phi) is 4.15. The SMILES string of the molecule is CC(C(=O)OC1CCNCC1)c1ccccc1. The number of nitrogens with one attached hydrogen (secondary N) is 1. The third kappa shape index (κ3) is 3.30. The fourth-order valence-electron chi connectivity index (χ4n) is 2.06. The Morgan fingerprint density at radius 3 is 2.59 bits per heavy atom. The fraction of sp³-hybridized carbons (Fsp3) is 0.500. The summed E-state index contributed by atoms with van der Waals surface area (Å²) in [6.45, 7) is 3.79. The van der Waals surface area contributed by atoms with E-state index in [-0.39, 0.29) is 18.0 Å². The van der Waals surface area contributed by atoms with Crippen LogP contribution in [0.5, 0.6) is 0 Å². The van der Waals surface area contributed by atoms with Gasteiger partial charge in [0, 0.05) is 0 Å². The van der Waals surface area contributed by atoms with Crippen LogP contribution < -0.4 is 5.32 Å². The van der Waals surface area contributed by atoms with E-state index in [9.17, 15) is 4.79 Å². The number of hydrogen-bond acceptors (Lipinski definition) is 3. The molecule has 1 saturated heterocycles. The van der Waals surface area contributed by atoms with Crippen LogP contribution in [0.3, 0.4) is 0 Å². The highest BCUT2D eigenvalue weighted by Crippen LogP contribution is 2.18. The van der Waals surface area contributed by atoms with Gasteiger partial charge in [0.25, 0.3) is 0 Å². The van der Waals surface area contributed by atoms with Gasteiger partial charge in [-0.2, -0.15) is 0 Å². The first kappa shape index (κ1) is 12.1. The van der Waals surface area contributed by atoms with Gasteiger partial charge in [-0.15, -0.1) is 0 Å². The molecular formula is C14H19NO2. The quantitative estimate of drug-likeness (QED) is 0.812. The summed E-state index contributed by atoms with van der Waals surface area (Å²) in [6.07, 6.45) is 1.94. The number of hydrogen-bond donors (Lipinski definition) is 1. The maximum absolute atomic E-state index is 12.0. The summed E-state index contributed by atoms with van der Waals surface area (Å²) < 4.78 is 5.53. The highest BCUT2D eigenvalue weighted by Gasteiger charge is 2.22. The van der Waals surface area contributed by atoms with Crippen molar-refractivity contribution in [2.75, 3.05) is 13.1 Å². The van der Waals surface area contributed by atoms with Gasteiger partial charge in [-0.3, -0.25) is 4.79 Å². The number of carbonyl (C=O) groups excluding carboxylic acids is 1. The van der Waals surface area contributed by atoms with E-state index < -0.39 is 0 Å². The average Bonchev–Trinajstić information content (AvgIpc) is 2.40. The molecule has 3 nitrogen and oxygen atoms in total. The summed E-state index contributed by atoms with van der Waals surface area (Å²) in [6, 6.07) is 9.78. The van der Waals surface area contributed by atoms with E-state index in [0.29, 0.717) is 0 Å². The molecule has 0 aromatic heterocycles. The van der Waals surface area contributed by atoms with Gasteiger partial charge in [0.2, 0.25) is 0 Å². The van der Waals surface area contributed by atoms with Crippen molar-refractivity contribution in [3.63, 3.8) is 0 Å². The summed E-state index contributed by atoms with van der Waals surface area (Å²) in [5.74, 6) is -0.283. The zero-order valence-electron chi connectivity index (χ0n) is 10.2. The molecule has 0 saturated carbocycles. The molecule has 0 amide bonds. The molecule has 0 spiro atoms. The van der Waals surface area contributed by atoms with E-state index in [1.807, 2.05) is 37.3 Å². The van der Waals surface area contributed by atoms with Crippen LogP contribution in [0.15, 0.2) is 30.3 Å². The molecular weight excluding hydrogens is 214 g/mol. The monoisotopic (exact) mass is 233 g/mol. The molecule has 1 aliphatic rings. The molecule has 1 aromatic carbocycles. The Hall–Kier alpha value is -1.35. The second-order valence-corrected chi connectivity index (χ2v) is 4.52. The van der Waals surface area contributed by atoms with E-state index in [1.165, 1.54) is 0 Å². The molecule has 0 aliphatic carbocycles. The van der Waals surface area contributed by atoms with Crippen molar-refractivity contribution >= 4 is 5.97 Å². The molecule has 1 aliphatic heterocycles. The van der Waals surface area contributed by atoms with E-state index >= 15 is 0 Å². The minimum Gasteiger partial charge on any atom is -0.462 e. The Balaban J connectivity index is 1.91. The highest BCUT2D eigenvalue weighted by molar-refractivity contribution is 5.77. The predicted molar refractivity (Wildman–Crippen MR) is 66.8 cm³/mol. The summed E-state index contributed by atoms with van der Waals surface area (Å²) in [7, 11) is 0. The molecule has 0 bridgehead atoms. The number of benzene rings is 1. The van der Waals surface area contributed by atoms with E-state index in [1.54, 1.807) is 0 Å². The summed E-state index contributed by atoms with van der Waals surface area (Å²) in [4.78, 5) is 12.0. The maximum atomic E-state index is 12.0. The van der Waals surface area contributed by atoms with Crippen LogP contribution in [-0.4, -0.2) is 25.2 Å². The van der Waals surface area contributed by atoms with Crippen LogP contribution in [0.4, 0.5) is 0 Å². The van der Waals surface area contributed by atoms with Crippen molar-refractivity contribution in [1.82, 2.24) is 5.32 Å². The molecule has 1 unspecified atom stereocenters. The Labute approximate surface area is 102 Å². The first-order valence-electron chi connectivity index (χ1n) is 6.23. The summed E-state index contributed by atoms with van der Waals surface area (Å²) in [5.41, 5.74) is 1.02. The second-order valence-electron chi connectivity index (χ2n) is 4.52. The van der Waals surface area contributed by atoms with E-state index in [0.717, 1.165) is 31.5 Å².